The second-order valence-electron chi connectivity index (χ2n) is 3.59. The number of nitrogens with two attached hydrogens (primary N) is 1. The molecule has 0 saturated carbocycles. The molecule has 2 N–H and O–H groups in total. The van der Waals surface area contributed by atoms with Gasteiger partial charge >= 0.3 is 0 Å². The topological polar surface area (TPSA) is 38.9 Å². The van der Waals surface area contributed by atoms with E-state index in [-0.39, 0.29) is 6.04 Å². The van der Waals surface area contributed by atoms with Gasteiger partial charge in [-0.3, -0.25) is 4.98 Å². The number of aryl methyl sites for hydroxylation is 1. The van der Waals surface area contributed by atoms with Gasteiger partial charge in [-0.05, 0) is 24.6 Å². The molecule has 0 aliphatic rings. The first-order chi connectivity index (χ1) is 7.27. The number of aromatic nitrogens is 1. The minimum Gasteiger partial charge on any atom is -0.319 e. The minimum absolute atomic E-state index is 0.133. The quantitative estimate of drug-likeness (QED) is 0.805. The predicted octanol–water partition coefficient (Wildman–Crippen LogP) is 2.44. The summed E-state index contributed by atoms with van der Waals surface area (Å²) in [6.07, 6.45) is 0. The molecule has 1 heterocycles. The van der Waals surface area contributed by atoms with Gasteiger partial charge in [-0.1, -0.05) is 36.4 Å². The summed E-state index contributed by atoms with van der Waals surface area (Å²) in [6.45, 7) is 1.97. The van der Waals surface area contributed by atoms with Crippen molar-refractivity contribution in [2.75, 3.05) is 0 Å². The van der Waals surface area contributed by atoms with Crippen LogP contribution in [0.5, 0.6) is 0 Å². The van der Waals surface area contributed by atoms with Crippen LogP contribution in [0.25, 0.3) is 0 Å². The summed E-state index contributed by atoms with van der Waals surface area (Å²) in [4.78, 5) is 4.42. The van der Waals surface area contributed by atoms with E-state index in [4.69, 9.17) is 5.73 Å². The lowest BCUT2D eigenvalue weighted by Gasteiger charge is -2.11. The summed E-state index contributed by atoms with van der Waals surface area (Å²) in [7, 11) is 0. The van der Waals surface area contributed by atoms with E-state index < -0.39 is 0 Å². The van der Waals surface area contributed by atoms with Crippen molar-refractivity contribution in [2.45, 2.75) is 13.0 Å². The minimum atomic E-state index is -0.133. The lowest BCUT2D eigenvalue weighted by atomic mass is 10.0. The zero-order chi connectivity index (χ0) is 10.7. The highest BCUT2D eigenvalue weighted by Crippen LogP contribution is 2.17. The number of nitrogens with zero attached hydrogens (tertiary/aromatic N) is 1. The zero-order valence-corrected chi connectivity index (χ0v) is 8.72. The molecule has 15 heavy (non-hydrogen) atoms. The van der Waals surface area contributed by atoms with Crippen molar-refractivity contribution in [3.05, 3.63) is 65.5 Å². The smallest absolute Gasteiger partial charge is 0.0726 e. The molecule has 0 aliphatic heterocycles. The maximum atomic E-state index is 6.12. The molecular formula is C13H14N2. The molecule has 0 radical (unpaired) electrons. The van der Waals surface area contributed by atoms with E-state index in [1.165, 1.54) is 0 Å². The summed E-state index contributed by atoms with van der Waals surface area (Å²) in [6, 6.07) is 15.8. The van der Waals surface area contributed by atoms with Crippen LogP contribution in [0.4, 0.5) is 0 Å². The van der Waals surface area contributed by atoms with Gasteiger partial charge in [-0.25, -0.2) is 0 Å². The first kappa shape index (κ1) is 9.87. The van der Waals surface area contributed by atoms with Gasteiger partial charge in [0.05, 0.1) is 11.7 Å². The van der Waals surface area contributed by atoms with E-state index in [2.05, 4.69) is 4.98 Å². The molecule has 0 bridgehead atoms. The van der Waals surface area contributed by atoms with E-state index in [1.807, 2.05) is 55.5 Å². The molecular weight excluding hydrogens is 184 g/mol. The van der Waals surface area contributed by atoms with Crippen LogP contribution in [-0.2, 0) is 0 Å². The highest BCUT2D eigenvalue weighted by atomic mass is 14.8. The molecule has 76 valence electrons. The molecule has 0 aliphatic carbocycles. The third-order valence-electron chi connectivity index (χ3n) is 2.39. The van der Waals surface area contributed by atoms with Crippen LogP contribution in [0.15, 0.2) is 48.5 Å². The standard InChI is InChI=1S/C13H14N2/c1-10-6-5-9-12(15-10)13(14)11-7-3-2-4-8-11/h2-9,13H,14H2,1H3. The van der Waals surface area contributed by atoms with Crippen LogP contribution >= 0.6 is 0 Å². The van der Waals surface area contributed by atoms with Crippen LogP contribution in [0.2, 0.25) is 0 Å². The molecule has 0 spiro atoms. The van der Waals surface area contributed by atoms with Gasteiger partial charge < -0.3 is 5.73 Å². The van der Waals surface area contributed by atoms with Gasteiger partial charge in [-0.15, -0.1) is 0 Å². The molecule has 1 atom stereocenters. The summed E-state index contributed by atoms with van der Waals surface area (Å²) < 4.78 is 0. The Morgan fingerprint density at radius 1 is 1.00 bits per heavy atom. The maximum absolute atomic E-state index is 6.12. The monoisotopic (exact) mass is 198 g/mol. The second-order valence-corrected chi connectivity index (χ2v) is 3.59. The summed E-state index contributed by atoms with van der Waals surface area (Å²) in [5, 5.41) is 0. The molecule has 2 aromatic rings. The average molecular weight is 198 g/mol. The normalized spacial score (nSPS) is 12.4. The van der Waals surface area contributed by atoms with Crippen molar-refractivity contribution >= 4 is 0 Å². The third kappa shape index (κ3) is 2.22. The predicted molar refractivity (Wildman–Crippen MR) is 61.4 cm³/mol. The van der Waals surface area contributed by atoms with Gasteiger partial charge in [0.25, 0.3) is 0 Å². The van der Waals surface area contributed by atoms with Crippen LogP contribution in [0, 0.1) is 6.92 Å². The molecule has 1 unspecified atom stereocenters. The summed E-state index contributed by atoms with van der Waals surface area (Å²) in [5.74, 6) is 0. The van der Waals surface area contributed by atoms with E-state index in [1.54, 1.807) is 0 Å². The Kier molecular flexibility index (Phi) is 2.79. The third-order valence-corrected chi connectivity index (χ3v) is 2.39. The van der Waals surface area contributed by atoms with Crippen LogP contribution in [-0.4, -0.2) is 4.98 Å². The Morgan fingerprint density at radius 3 is 2.40 bits per heavy atom. The fourth-order valence-corrected chi connectivity index (χ4v) is 1.57. The fourth-order valence-electron chi connectivity index (χ4n) is 1.57. The fraction of sp³-hybridized carbons (Fsp3) is 0.154. The Morgan fingerprint density at radius 2 is 1.73 bits per heavy atom. The lowest BCUT2D eigenvalue weighted by Crippen LogP contribution is -2.13. The van der Waals surface area contributed by atoms with Crippen molar-refractivity contribution in [3.8, 4) is 0 Å². The molecule has 2 rings (SSSR count). The molecule has 0 fully saturated rings. The van der Waals surface area contributed by atoms with Gasteiger partial charge in [0.2, 0.25) is 0 Å². The van der Waals surface area contributed by atoms with Gasteiger partial charge in [0.15, 0.2) is 0 Å². The molecule has 1 aromatic carbocycles. The van der Waals surface area contributed by atoms with Gasteiger partial charge in [-0.2, -0.15) is 0 Å². The Labute approximate surface area is 89.8 Å². The van der Waals surface area contributed by atoms with Crippen molar-refractivity contribution in [1.29, 1.82) is 0 Å². The van der Waals surface area contributed by atoms with Crippen LogP contribution < -0.4 is 5.73 Å². The van der Waals surface area contributed by atoms with Crippen molar-refractivity contribution < 1.29 is 0 Å². The second kappa shape index (κ2) is 4.24. The maximum Gasteiger partial charge on any atom is 0.0726 e. The molecule has 2 nitrogen and oxygen atoms in total. The van der Waals surface area contributed by atoms with Crippen molar-refractivity contribution in [1.82, 2.24) is 4.98 Å². The number of rotatable bonds is 2. The Balaban J connectivity index is 2.32. The van der Waals surface area contributed by atoms with Crippen LogP contribution in [0.1, 0.15) is 23.0 Å². The lowest BCUT2D eigenvalue weighted by molar-refractivity contribution is 0.821. The number of benzene rings is 1. The summed E-state index contributed by atoms with van der Waals surface area (Å²) in [5.41, 5.74) is 9.13. The van der Waals surface area contributed by atoms with Crippen molar-refractivity contribution in [2.24, 2.45) is 5.73 Å². The first-order valence-electron chi connectivity index (χ1n) is 5.01. The molecule has 0 saturated heterocycles. The van der Waals surface area contributed by atoms with E-state index in [0.717, 1.165) is 17.0 Å². The number of hydrogen-bond donors (Lipinski definition) is 1. The largest absolute Gasteiger partial charge is 0.319 e. The van der Waals surface area contributed by atoms with Gasteiger partial charge in [0.1, 0.15) is 0 Å². The van der Waals surface area contributed by atoms with Crippen molar-refractivity contribution in [3.63, 3.8) is 0 Å². The SMILES string of the molecule is Cc1cccc(C(N)c2ccccc2)n1. The van der Waals surface area contributed by atoms with E-state index in [0.29, 0.717) is 0 Å². The Bertz CT molecular complexity index is 437. The first-order valence-corrected chi connectivity index (χ1v) is 5.01. The highest BCUT2D eigenvalue weighted by Gasteiger charge is 2.08. The molecule has 2 heteroatoms. The summed E-state index contributed by atoms with van der Waals surface area (Å²) >= 11 is 0. The van der Waals surface area contributed by atoms with E-state index in [9.17, 15) is 0 Å². The number of hydrogen-bond acceptors (Lipinski definition) is 2. The van der Waals surface area contributed by atoms with Gasteiger partial charge in [0, 0.05) is 5.69 Å². The van der Waals surface area contributed by atoms with E-state index >= 15 is 0 Å². The Hall–Kier alpha value is -1.67. The highest BCUT2D eigenvalue weighted by molar-refractivity contribution is 5.27. The van der Waals surface area contributed by atoms with Crippen LogP contribution in [0.3, 0.4) is 0 Å². The zero-order valence-electron chi connectivity index (χ0n) is 8.72. The average Bonchev–Trinajstić information content (AvgIpc) is 2.29. The number of pyridine rings is 1. The molecule has 1 aromatic heterocycles. The molecule has 0 amide bonds.